The standard InChI is InChI=1S/C60H113NO10/c1-3-5-7-9-11-13-15-17-19-21-23-24-25-26-27-28-29-30-32-34-36-38-40-42-44-46-48-53(64)59(69)61-51(50-70-60-58(68)57(67)56(66)54(49-62)71-60)55(65)52(63)47-45-43-41-39-37-35-33-31-22-20-18-16-14-12-10-8-6-4-2/h26-27,31,33,39,41,51-58,60,62-68H,3-25,28-30,32,34-38,40,42-50H2,1-2H3,(H,61,69)/b27-26-,33-31+,41-39+. The highest BCUT2D eigenvalue weighted by molar-refractivity contribution is 5.80. The van der Waals surface area contributed by atoms with Gasteiger partial charge in [0.25, 0.3) is 0 Å². The number of amides is 1. The lowest BCUT2D eigenvalue weighted by Gasteiger charge is -2.40. The Balaban J connectivity index is 2.31. The lowest BCUT2D eigenvalue weighted by molar-refractivity contribution is -0.303. The van der Waals surface area contributed by atoms with Gasteiger partial charge in [0, 0.05) is 0 Å². The number of aliphatic hydroxyl groups is 7. The van der Waals surface area contributed by atoms with Gasteiger partial charge in [-0.2, -0.15) is 0 Å². The minimum absolute atomic E-state index is 0.246. The van der Waals surface area contributed by atoms with Gasteiger partial charge < -0.3 is 50.5 Å². The number of rotatable bonds is 51. The molecule has 418 valence electrons. The Labute approximate surface area is 435 Å². The van der Waals surface area contributed by atoms with E-state index in [0.29, 0.717) is 19.3 Å². The normalized spacial score (nSPS) is 20.4. The summed E-state index contributed by atoms with van der Waals surface area (Å²) in [5.41, 5.74) is 0. The van der Waals surface area contributed by atoms with Crippen molar-refractivity contribution in [2.24, 2.45) is 0 Å². The molecule has 0 saturated carbocycles. The summed E-state index contributed by atoms with van der Waals surface area (Å²) >= 11 is 0. The third-order valence-electron chi connectivity index (χ3n) is 14.4. The highest BCUT2D eigenvalue weighted by Crippen LogP contribution is 2.23. The van der Waals surface area contributed by atoms with Gasteiger partial charge in [0.05, 0.1) is 25.4 Å². The first kappa shape index (κ1) is 67.3. The quantitative estimate of drug-likeness (QED) is 0.0215. The highest BCUT2D eigenvalue weighted by Gasteiger charge is 2.44. The van der Waals surface area contributed by atoms with Crippen molar-refractivity contribution in [3.63, 3.8) is 0 Å². The zero-order valence-electron chi connectivity index (χ0n) is 45.7. The van der Waals surface area contributed by atoms with Gasteiger partial charge in [-0.3, -0.25) is 4.79 Å². The van der Waals surface area contributed by atoms with Crippen molar-refractivity contribution in [1.29, 1.82) is 0 Å². The van der Waals surface area contributed by atoms with Crippen LogP contribution in [-0.4, -0.2) is 110 Å². The Kier molecular flexibility index (Phi) is 46.7. The topological polar surface area (TPSA) is 189 Å². The zero-order chi connectivity index (χ0) is 51.8. The summed E-state index contributed by atoms with van der Waals surface area (Å²) in [7, 11) is 0. The van der Waals surface area contributed by atoms with Gasteiger partial charge in [-0.1, -0.05) is 230 Å². The second-order valence-corrected chi connectivity index (χ2v) is 21.0. The smallest absolute Gasteiger partial charge is 0.249 e. The van der Waals surface area contributed by atoms with Crippen LogP contribution in [0.15, 0.2) is 36.5 Å². The lowest BCUT2D eigenvalue weighted by atomic mass is 9.98. The molecule has 0 aliphatic carbocycles. The van der Waals surface area contributed by atoms with Crippen LogP contribution < -0.4 is 5.32 Å². The van der Waals surface area contributed by atoms with Crippen molar-refractivity contribution in [3.8, 4) is 0 Å². The summed E-state index contributed by atoms with van der Waals surface area (Å²) in [6.07, 6.45) is 49.2. The summed E-state index contributed by atoms with van der Waals surface area (Å²) in [5.74, 6) is -0.709. The van der Waals surface area contributed by atoms with Gasteiger partial charge in [0.2, 0.25) is 5.91 Å². The van der Waals surface area contributed by atoms with E-state index in [0.717, 1.165) is 38.5 Å². The fraction of sp³-hybridized carbons (Fsp3) is 0.883. The van der Waals surface area contributed by atoms with Crippen LogP contribution in [0.1, 0.15) is 271 Å². The number of allylic oxidation sites excluding steroid dienone is 6. The Hall–Kier alpha value is -1.67. The van der Waals surface area contributed by atoms with E-state index in [-0.39, 0.29) is 12.8 Å². The van der Waals surface area contributed by atoms with Gasteiger partial charge in [0.1, 0.15) is 36.6 Å². The summed E-state index contributed by atoms with van der Waals surface area (Å²) in [6, 6.07) is -1.19. The maximum Gasteiger partial charge on any atom is 0.249 e. The average molecular weight is 1010 g/mol. The molecule has 11 heteroatoms. The summed E-state index contributed by atoms with van der Waals surface area (Å²) in [4.78, 5) is 13.2. The SMILES string of the molecule is CCCCCCCCCCC/C=C/CC/C=C/CCCC(O)C(O)C(COC1OC(CO)C(O)C(O)C1O)NC(=O)C(O)CCCCCCCCCCCC/C=C\CCCCCCCCCCCCCC. The fourth-order valence-corrected chi connectivity index (χ4v) is 9.51. The van der Waals surface area contributed by atoms with Crippen molar-refractivity contribution < 1.29 is 50.0 Å². The largest absolute Gasteiger partial charge is 0.394 e. The van der Waals surface area contributed by atoms with Crippen molar-refractivity contribution in [3.05, 3.63) is 36.5 Å². The molecule has 0 aromatic rings. The van der Waals surface area contributed by atoms with Crippen LogP contribution in [0.2, 0.25) is 0 Å². The first-order chi connectivity index (χ1) is 34.7. The molecule has 0 bridgehead atoms. The lowest BCUT2D eigenvalue weighted by Crippen LogP contribution is -2.60. The molecule has 1 amide bonds. The molecule has 1 aliphatic rings. The van der Waals surface area contributed by atoms with Gasteiger partial charge in [-0.05, 0) is 77.0 Å². The van der Waals surface area contributed by atoms with E-state index in [1.54, 1.807) is 0 Å². The molecule has 0 spiro atoms. The van der Waals surface area contributed by atoms with Crippen molar-refractivity contribution in [1.82, 2.24) is 5.32 Å². The molecule has 71 heavy (non-hydrogen) atoms. The molecule has 1 aliphatic heterocycles. The first-order valence-corrected chi connectivity index (χ1v) is 29.9. The van der Waals surface area contributed by atoms with Crippen LogP contribution in [-0.2, 0) is 14.3 Å². The maximum absolute atomic E-state index is 13.2. The molecule has 1 saturated heterocycles. The Morgan fingerprint density at radius 2 is 0.845 bits per heavy atom. The van der Waals surface area contributed by atoms with Crippen LogP contribution >= 0.6 is 0 Å². The molecule has 0 radical (unpaired) electrons. The van der Waals surface area contributed by atoms with E-state index in [2.05, 4.69) is 55.6 Å². The fourth-order valence-electron chi connectivity index (χ4n) is 9.51. The second kappa shape index (κ2) is 49.2. The van der Waals surface area contributed by atoms with E-state index in [1.807, 2.05) is 0 Å². The minimum atomic E-state index is -1.67. The van der Waals surface area contributed by atoms with Crippen LogP contribution in [0.4, 0.5) is 0 Å². The molecule has 9 unspecified atom stereocenters. The Morgan fingerprint density at radius 3 is 1.25 bits per heavy atom. The number of hydrogen-bond acceptors (Lipinski definition) is 10. The third kappa shape index (κ3) is 37.7. The Morgan fingerprint density at radius 1 is 0.479 bits per heavy atom. The van der Waals surface area contributed by atoms with E-state index < -0.39 is 74.2 Å². The number of aliphatic hydroxyl groups excluding tert-OH is 7. The molecular formula is C60H113NO10. The highest BCUT2D eigenvalue weighted by atomic mass is 16.7. The van der Waals surface area contributed by atoms with Gasteiger partial charge in [0.15, 0.2) is 6.29 Å². The molecular weight excluding hydrogens is 895 g/mol. The number of hydrogen-bond donors (Lipinski definition) is 8. The molecule has 1 fully saturated rings. The first-order valence-electron chi connectivity index (χ1n) is 29.9. The van der Waals surface area contributed by atoms with Gasteiger partial charge in [-0.25, -0.2) is 0 Å². The molecule has 11 nitrogen and oxygen atoms in total. The summed E-state index contributed by atoms with van der Waals surface area (Å²) < 4.78 is 11.1. The number of carbonyl (C=O) groups is 1. The maximum atomic E-state index is 13.2. The zero-order valence-corrected chi connectivity index (χ0v) is 45.7. The molecule has 0 aromatic heterocycles. The van der Waals surface area contributed by atoms with Crippen LogP contribution in [0.25, 0.3) is 0 Å². The second-order valence-electron chi connectivity index (χ2n) is 21.0. The van der Waals surface area contributed by atoms with E-state index in [4.69, 9.17) is 9.47 Å². The Bertz CT molecular complexity index is 1250. The van der Waals surface area contributed by atoms with Crippen molar-refractivity contribution in [2.45, 2.75) is 326 Å². The van der Waals surface area contributed by atoms with Gasteiger partial charge >= 0.3 is 0 Å². The molecule has 1 heterocycles. The summed E-state index contributed by atoms with van der Waals surface area (Å²) in [6.45, 7) is 3.46. The molecule has 9 atom stereocenters. The summed E-state index contributed by atoms with van der Waals surface area (Å²) in [5, 5.41) is 76.1. The number of ether oxygens (including phenoxy) is 2. The number of unbranched alkanes of at least 4 members (excludes halogenated alkanes) is 33. The van der Waals surface area contributed by atoms with Crippen LogP contribution in [0.3, 0.4) is 0 Å². The van der Waals surface area contributed by atoms with Crippen LogP contribution in [0, 0.1) is 0 Å². The average Bonchev–Trinajstić information content (AvgIpc) is 3.37. The van der Waals surface area contributed by atoms with Crippen molar-refractivity contribution >= 4 is 5.91 Å². The number of carbonyl (C=O) groups excluding carboxylic acids is 1. The predicted octanol–water partition coefficient (Wildman–Crippen LogP) is 12.7. The monoisotopic (exact) mass is 1010 g/mol. The van der Waals surface area contributed by atoms with Crippen molar-refractivity contribution in [2.75, 3.05) is 13.2 Å². The van der Waals surface area contributed by atoms with Crippen LogP contribution in [0.5, 0.6) is 0 Å². The number of nitrogens with one attached hydrogen (secondary N) is 1. The molecule has 8 N–H and O–H groups in total. The molecule has 1 rings (SSSR count). The predicted molar refractivity (Wildman–Crippen MR) is 293 cm³/mol. The van der Waals surface area contributed by atoms with E-state index >= 15 is 0 Å². The van der Waals surface area contributed by atoms with E-state index in [9.17, 15) is 40.5 Å². The van der Waals surface area contributed by atoms with Gasteiger partial charge in [-0.15, -0.1) is 0 Å². The minimum Gasteiger partial charge on any atom is -0.394 e. The third-order valence-corrected chi connectivity index (χ3v) is 14.4. The molecule has 0 aromatic carbocycles. The van der Waals surface area contributed by atoms with E-state index in [1.165, 1.54) is 186 Å².